The molecule has 1 aliphatic heterocycles. The number of halogens is 1. The van der Waals surface area contributed by atoms with E-state index >= 15 is 0 Å². The van der Waals surface area contributed by atoms with Crippen LogP contribution in [0.2, 0.25) is 0 Å². The molecule has 1 atom stereocenters. The lowest BCUT2D eigenvalue weighted by atomic mass is 10.1. The standard InChI is InChI=1S/C13H15FN2O4/c1-20-8-9-4-5-15(7-9)13(17)10-2-3-12(16(18)19)11(14)6-10/h2-3,6,9H,4-5,7-8H2,1H3. The minimum atomic E-state index is -0.992. The average molecular weight is 282 g/mol. The molecule has 6 nitrogen and oxygen atoms in total. The van der Waals surface area contributed by atoms with Gasteiger partial charge >= 0.3 is 5.69 Å². The number of likely N-dealkylation sites (tertiary alicyclic amines) is 1. The summed E-state index contributed by atoms with van der Waals surface area (Å²) in [6.45, 7) is 1.73. The number of carbonyl (C=O) groups is 1. The number of benzene rings is 1. The molecule has 0 radical (unpaired) electrons. The fourth-order valence-electron chi connectivity index (χ4n) is 2.36. The van der Waals surface area contributed by atoms with E-state index in [9.17, 15) is 19.3 Å². The zero-order chi connectivity index (χ0) is 14.7. The van der Waals surface area contributed by atoms with Crippen molar-refractivity contribution in [3.63, 3.8) is 0 Å². The number of amides is 1. The Morgan fingerprint density at radius 1 is 1.60 bits per heavy atom. The zero-order valence-corrected chi connectivity index (χ0v) is 11.0. The summed E-state index contributed by atoms with van der Waals surface area (Å²) in [5.41, 5.74) is -0.494. The van der Waals surface area contributed by atoms with Gasteiger partial charge in [0.25, 0.3) is 5.91 Å². The van der Waals surface area contributed by atoms with Crippen molar-refractivity contribution in [2.24, 2.45) is 5.92 Å². The smallest absolute Gasteiger partial charge is 0.304 e. The van der Waals surface area contributed by atoms with E-state index in [1.54, 1.807) is 12.0 Å². The number of nitrogens with zero attached hydrogens (tertiary/aromatic N) is 2. The minimum absolute atomic E-state index is 0.131. The molecule has 1 unspecified atom stereocenters. The maximum absolute atomic E-state index is 13.5. The van der Waals surface area contributed by atoms with Crippen LogP contribution in [0.5, 0.6) is 0 Å². The Balaban J connectivity index is 2.10. The van der Waals surface area contributed by atoms with Gasteiger partial charge in [-0.2, -0.15) is 4.39 Å². The van der Waals surface area contributed by atoms with Crippen LogP contribution in [-0.2, 0) is 4.74 Å². The summed E-state index contributed by atoms with van der Waals surface area (Å²) >= 11 is 0. The van der Waals surface area contributed by atoms with Gasteiger partial charge in [-0.15, -0.1) is 0 Å². The third-order valence-electron chi connectivity index (χ3n) is 3.37. The van der Waals surface area contributed by atoms with Crippen molar-refractivity contribution in [1.82, 2.24) is 4.90 Å². The van der Waals surface area contributed by atoms with E-state index in [-0.39, 0.29) is 17.4 Å². The third-order valence-corrected chi connectivity index (χ3v) is 3.37. The van der Waals surface area contributed by atoms with E-state index in [1.165, 1.54) is 6.07 Å². The van der Waals surface area contributed by atoms with Crippen LogP contribution in [0.25, 0.3) is 0 Å². The second-order valence-corrected chi connectivity index (χ2v) is 4.78. The normalized spacial score (nSPS) is 18.3. The number of nitro groups is 1. The monoisotopic (exact) mass is 282 g/mol. The predicted molar refractivity (Wildman–Crippen MR) is 68.9 cm³/mol. The minimum Gasteiger partial charge on any atom is -0.384 e. The second kappa shape index (κ2) is 5.96. The van der Waals surface area contributed by atoms with Crippen LogP contribution in [-0.4, -0.2) is 42.5 Å². The van der Waals surface area contributed by atoms with Crippen LogP contribution >= 0.6 is 0 Å². The number of ether oxygens (including phenoxy) is 1. The Bertz CT molecular complexity index is 535. The van der Waals surface area contributed by atoms with Crippen LogP contribution in [0, 0.1) is 21.8 Å². The topological polar surface area (TPSA) is 72.7 Å². The molecular weight excluding hydrogens is 267 g/mol. The molecule has 7 heteroatoms. The Morgan fingerprint density at radius 2 is 2.35 bits per heavy atom. The number of nitro benzene ring substituents is 1. The Hall–Kier alpha value is -2.02. The van der Waals surface area contributed by atoms with Gasteiger partial charge in [0.15, 0.2) is 0 Å². The molecule has 0 aromatic heterocycles. The molecule has 1 amide bonds. The maximum Gasteiger partial charge on any atom is 0.304 e. The van der Waals surface area contributed by atoms with Crippen molar-refractivity contribution < 1.29 is 18.8 Å². The highest BCUT2D eigenvalue weighted by atomic mass is 19.1. The quantitative estimate of drug-likeness (QED) is 0.624. The van der Waals surface area contributed by atoms with E-state index in [0.717, 1.165) is 18.6 Å². The lowest BCUT2D eigenvalue weighted by molar-refractivity contribution is -0.387. The first-order valence-corrected chi connectivity index (χ1v) is 6.25. The second-order valence-electron chi connectivity index (χ2n) is 4.78. The fraction of sp³-hybridized carbons (Fsp3) is 0.462. The van der Waals surface area contributed by atoms with Crippen molar-refractivity contribution >= 4 is 11.6 Å². The van der Waals surface area contributed by atoms with Gasteiger partial charge in [-0.25, -0.2) is 0 Å². The summed E-state index contributed by atoms with van der Waals surface area (Å²) in [5.74, 6) is -1.02. The Kier molecular flexibility index (Phi) is 4.29. The number of carbonyl (C=O) groups excluding carboxylic acids is 1. The summed E-state index contributed by atoms with van der Waals surface area (Å²) < 4.78 is 18.6. The number of methoxy groups -OCH3 is 1. The molecule has 1 heterocycles. The summed E-state index contributed by atoms with van der Waals surface area (Å²) in [4.78, 5) is 23.5. The average Bonchev–Trinajstić information content (AvgIpc) is 2.86. The Morgan fingerprint density at radius 3 is 2.95 bits per heavy atom. The van der Waals surface area contributed by atoms with Crippen molar-refractivity contribution in [3.8, 4) is 0 Å². The molecular formula is C13H15FN2O4. The highest BCUT2D eigenvalue weighted by Crippen LogP contribution is 2.22. The third kappa shape index (κ3) is 2.93. The highest BCUT2D eigenvalue weighted by Gasteiger charge is 2.27. The van der Waals surface area contributed by atoms with Crippen LogP contribution in [0.1, 0.15) is 16.8 Å². The van der Waals surface area contributed by atoms with Gasteiger partial charge in [0.05, 0.1) is 11.5 Å². The first kappa shape index (κ1) is 14.4. The van der Waals surface area contributed by atoms with E-state index < -0.39 is 16.4 Å². The zero-order valence-electron chi connectivity index (χ0n) is 11.0. The molecule has 108 valence electrons. The van der Waals surface area contributed by atoms with Gasteiger partial charge in [0.1, 0.15) is 0 Å². The van der Waals surface area contributed by atoms with Crippen molar-refractivity contribution in [2.75, 3.05) is 26.8 Å². The molecule has 1 aromatic rings. The summed E-state index contributed by atoms with van der Waals surface area (Å²) in [6.07, 6.45) is 0.842. The largest absolute Gasteiger partial charge is 0.384 e. The molecule has 1 saturated heterocycles. The van der Waals surface area contributed by atoms with Gasteiger partial charge in [0, 0.05) is 37.7 Å². The van der Waals surface area contributed by atoms with Crippen LogP contribution in [0.4, 0.5) is 10.1 Å². The SMILES string of the molecule is COCC1CCN(C(=O)c2ccc([N+](=O)[O-])c(F)c2)C1. The molecule has 1 fully saturated rings. The first-order valence-electron chi connectivity index (χ1n) is 6.25. The molecule has 0 aliphatic carbocycles. The summed E-state index contributed by atoms with van der Waals surface area (Å²) in [7, 11) is 1.61. The maximum atomic E-state index is 13.5. The number of hydrogen-bond donors (Lipinski definition) is 0. The summed E-state index contributed by atoms with van der Waals surface area (Å²) in [6, 6.07) is 3.22. The van der Waals surface area contributed by atoms with Crippen molar-refractivity contribution in [2.45, 2.75) is 6.42 Å². The van der Waals surface area contributed by atoms with Gasteiger partial charge < -0.3 is 9.64 Å². The molecule has 0 saturated carbocycles. The molecule has 2 rings (SSSR count). The Labute approximate surface area is 115 Å². The van der Waals surface area contributed by atoms with E-state index in [1.807, 2.05) is 0 Å². The predicted octanol–water partition coefficient (Wildman–Crippen LogP) is 1.84. The van der Waals surface area contributed by atoms with Gasteiger partial charge in [-0.1, -0.05) is 0 Å². The van der Waals surface area contributed by atoms with Crippen molar-refractivity contribution in [1.29, 1.82) is 0 Å². The number of hydrogen-bond acceptors (Lipinski definition) is 4. The van der Waals surface area contributed by atoms with E-state index in [0.29, 0.717) is 19.7 Å². The molecule has 0 bridgehead atoms. The summed E-state index contributed by atoms with van der Waals surface area (Å²) in [5, 5.41) is 10.5. The van der Waals surface area contributed by atoms with Crippen molar-refractivity contribution in [3.05, 3.63) is 39.7 Å². The van der Waals surface area contributed by atoms with Crippen LogP contribution < -0.4 is 0 Å². The molecule has 1 aromatic carbocycles. The van der Waals surface area contributed by atoms with Gasteiger partial charge in [0.2, 0.25) is 5.82 Å². The van der Waals surface area contributed by atoms with Gasteiger partial charge in [-0.3, -0.25) is 14.9 Å². The number of rotatable bonds is 4. The molecule has 20 heavy (non-hydrogen) atoms. The van der Waals surface area contributed by atoms with Crippen LogP contribution in [0.15, 0.2) is 18.2 Å². The highest BCUT2D eigenvalue weighted by molar-refractivity contribution is 5.94. The fourth-order valence-corrected chi connectivity index (χ4v) is 2.36. The van der Waals surface area contributed by atoms with Crippen LogP contribution in [0.3, 0.4) is 0 Å². The van der Waals surface area contributed by atoms with E-state index in [2.05, 4.69) is 0 Å². The van der Waals surface area contributed by atoms with E-state index in [4.69, 9.17) is 4.74 Å². The first-order chi connectivity index (χ1) is 9.52. The lowest BCUT2D eigenvalue weighted by Crippen LogP contribution is -2.29. The van der Waals surface area contributed by atoms with Gasteiger partial charge in [-0.05, 0) is 18.6 Å². The molecule has 0 spiro atoms. The molecule has 0 N–H and O–H groups in total. The lowest BCUT2D eigenvalue weighted by Gasteiger charge is -2.16. The molecule has 1 aliphatic rings.